The van der Waals surface area contributed by atoms with Gasteiger partial charge in [0.15, 0.2) is 0 Å². The number of hydrogen-bond donors (Lipinski definition) is 1. The average Bonchev–Trinajstić information content (AvgIpc) is 2.35. The van der Waals surface area contributed by atoms with Crippen molar-refractivity contribution in [2.45, 2.75) is 6.54 Å². The van der Waals surface area contributed by atoms with Gasteiger partial charge in [-0.25, -0.2) is 0 Å². The van der Waals surface area contributed by atoms with E-state index in [1.165, 1.54) is 0 Å². The number of pyridine rings is 1. The van der Waals surface area contributed by atoms with Crippen LogP contribution in [0.15, 0.2) is 36.5 Å². The minimum absolute atomic E-state index is 0.300. The second-order valence-electron chi connectivity index (χ2n) is 3.31. The van der Waals surface area contributed by atoms with E-state index in [0.29, 0.717) is 33.8 Å². The van der Waals surface area contributed by atoms with Crippen LogP contribution < -0.4 is 10.5 Å². The maximum Gasteiger partial charge on any atom is 0.150 e. The van der Waals surface area contributed by atoms with Gasteiger partial charge in [0.1, 0.15) is 16.5 Å². The summed E-state index contributed by atoms with van der Waals surface area (Å²) in [5.41, 5.74) is 6.24. The van der Waals surface area contributed by atoms with E-state index in [1.54, 1.807) is 36.5 Å². The third-order valence-electron chi connectivity index (χ3n) is 2.18. The minimum atomic E-state index is 0.300. The van der Waals surface area contributed by atoms with Gasteiger partial charge in [0.25, 0.3) is 0 Å². The van der Waals surface area contributed by atoms with Crippen molar-refractivity contribution in [1.82, 2.24) is 4.98 Å². The van der Waals surface area contributed by atoms with E-state index >= 15 is 0 Å². The monoisotopic (exact) mass is 268 g/mol. The fourth-order valence-electron chi connectivity index (χ4n) is 1.35. The highest BCUT2D eigenvalue weighted by Gasteiger charge is 2.09. The van der Waals surface area contributed by atoms with Crippen molar-refractivity contribution in [3.8, 4) is 11.5 Å². The first-order chi connectivity index (χ1) is 8.22. The molecule has 0 aliphatic rings. The van der Waals surface area contributed by atoms with Crippen molar-refractivity contribution >= 4 is 23.2 Å². The molecule has 2 aromatic rings. The largest absolute Gasteiger partial charge is 0.454 e. The Labute approximate surface area is 109 Å². The summed E-state index contributed by atoms with van der Waals surface area (Å²) in [4.78, 5) is 4.12. The predicted octanol–water partition coefficient (Wildman–Crippen LogP) is 3.64. The summed E-state index contributed by atoms with van der Waals surface area (Å²) in [6.45, 7) is 0.300. The molecule has 1 aromatic carbocycles. The molecule has 3 nitrogen and oxygen atoms in total. The number of nitrogens with zero attached hydrogens (tertiary/aromatic N) is 1. The van der Waals surface area contributed by atoms with Crippen molar-refractivity contribution in [1.29, 1.82) is 0 Å². The normalized spacial score (nSPS) is 10.3. The first-order valence-corrected chi connectivity index (χ1v) is 5.74. The molecule has 88 valence electrons. The van der Waals surface area contributed by atoms with Gasteiger partial charge in [-0.05, 0) is 24.3 Å². The topological polar surface area (TPSA) is 48.1 Å². The van der Waals surface area contributed by atoms with Crippen LogP contribution in [0, 0.1) is 0 Å². The minimum Gasteiger partial charge on any atom is -0.454 e. The Hall–Kier alpha value is -1.29. The molecule has 2 rings (SSSR count). The summed E-state index contributed by atoms with van der Waals surface area (Å²) in [5, 5.41) is 0.823. The molecule has 1 aromatic heterocycles. The lowest BCUT2D eigenvalue weighted by Crippen LogP contribution is -2.01. The number of nitrogens with two attached hydrogens (primary N) is 1. The lowest BCUT2D eigenvalue weighted by molar-refractivity contribution is 0.473. The molecule has 5 heteroatoms. The fourth-order valence-corrected chi connectivity index (χ4v) is 1.68. The van der Waals surface area contributed by atoms with Gasteiger partial charge in [-0.15, -0.1) is 0 Å². The lowest BCUT2D eigenvalue weighted by Gasteiger charge is -2.10. The Balaban J connectivity index is 2.35. The molecule has 1 heterocycles. The van der Waals surface area contributed by atoms with Crippen molar-refractivity contribution < 1.29 is 4.74 Å². The third-order valence-corrected chi connectivity index (χ3v) is 2.98. The molecule has 0 radical (unpaired) electrons. The smallest absolute Gasteiger partial charge is 0.150 e. The molecular weight excluding hydrogens is 259 g/mol. The Morgan fingerprint density at radius 3 is 2.65 bits per heavy atom. The zero-order valence-electron chi connectivity index (χ0n) is 8.86. The molecule has 0 spiro atoms. The van der Waals surface area contributed by atoms with Crippen molar-refractivity contribution in [3.05, 3.63) is 52.3 Å². The van der Waals surface area contributed by atoms with Gasteiger partial charge in [-0.2, -0.15) is 0 Å². The summed E-state index contributed by atoms with van der Waals surface area (Å²) in [5.74, 6) is 1.07. The van der Waals surface area contributed by atoms with Crippen LogP contribution in [0.1, 0.15) is 5.69 Å². The predicted molar refractivity (Wildman–Crippen MR) is 68.7 cm³/mol. The van der Waals surface area contributed by atoms with E-state index in [9.17, 15) is 0 Å². The molecular formula is C12H10Cl2N2O. The van der Waals surface area contributed by atoms with Crippen LogP contribution >= 0.6 is 23.2 Å². The van der Waals surface area contributed by atoms with Crippen LogP contribution in [0.25, 0.3) is 0 Å². The number of aromatic nitrogens is 1. The zero-order valence-corrected chi connectivity index (χ0v) is 10.4. The Morgan fingerprint density at radius 1 is 1.12 bits per heavy atom. The van der Waals surface area contributed by atoms with Gasteiger partial charge < -0.3 is 10.5 Å². The molecule has 0 aliphatic carbocycles. The average molecular weight is 269 g/mol. The third kappa shape index (κ3) is 2.69. The quantitative estimate of drug-likeness (QED) is 0.925. The molecule has 0 aliphatic heterocycles. The van der Waals surface area contributed by atoms with E-state index in [1.807, 2.05) is 0 Å². The van der Waals surface area contributed by atoms with Crippen molar-refractivity contribution in [3.63, 3.8) is 0 Å². The molecule has 0 saturated heterocycles. The number of halogens is 2. The summed E-state index contributed by atoms with van der Waals surface area (Å²) in [6, 6.07) is 8.76. The number of hydrogen-bond acceptors (Lipinski definition) is 3. The van der Waals surface area contributed by atoms with E-state index < -0.39 is 0 Å². The second-order valence-corrected chi connectivity index (χ2v) is 4.09. The summed E-state index contributed by atoms with van der Waals surface area (Å²) in [7, 11) is 0. The highest BCUT2D eigenvalue weighted by molar-refractivity contribution is 6.42. The standard InChI is InChI=1S/C12H10Cl2N2O/c13-8-3-1-4-11(12(8)14)17-10-5-2-6-16-9(10)7-15/h1-6H,7,15H2. The van der Waals surface area contributed by atoms with Crippen LogP contribution in [-0.2, 0) is 6.54 Å². The van der Waals surface area contributed by atoms with Gasteiger partial charge in [0.2, 0.25) is 0 Å². The van der Waals surface area contributed by atoms with Gasteiger partial charge in [0, 0.05) is 12.7 Å². The lowest BCUT2D eigenvalue weighted by atomic mass is 10.3. The zero-order chi connectivity index (χ0) is 12.3. The number of ether oxygens (including phenoxy) is 1. The van der Waals surface area contributed by atoms with E-state index in [0.717, 1.165) is 0 Å². The molecule has 0 fully saturated rings. The van der Waals surface area contributed by atoms with E-state index in [4.69, 9.17) is 33.7 Å². The Bertz CT molecular complexity index is 532. The molecule has 0 atom stereocenters. The van der Waals surface area contributed by atoms with Gasteiger partial charge >= 0.3 is 0 Å². The van der Waals surface area contributed by atoms with E-state index in [2.05, 4.69) is 4.98 Å². The maximum atomic E-state index is 6.03. The molecule has 2 N–H and O–H groups in total. The molecule has 17 heavy (non-hydrogen) atoms. The fraction of sp³-hybridized carbons (Fsp3) is 0.0833. The highest BCUT2D eigenvalue weighted by atomic mass is 35.5. The maximum absolute atomic E-state index is 6.03. The Morgan fingerprint density at radius 2 is 1.88 bits per heavy atom. The van der Waals surface area contributed by atoms with Gasteiger partial charge in [-0.3, -0.25) is 4.98 Å². The summed E-state index contributed by atoms with van der Waals surface area (Å²) in [6.07, 6.45) is 1.66. The van der Waals surface area contributed by atoms with E-state index in [-0.39, 0.29) is 0 Å². The molecule has 0 amide bonds. The highest BCUT2D eigenvalue weighted by Crippen LogP contribution is 2.35. The first-order valence-electron chi connectivity index (χ1n) is 4.98. The number of rotatable bonds is 3. The first kappa shape index (κ1) is 12.2. The van der Waals surface area contributed by atoms with Crippen molar-refractivity contribution in [2.24, 2.45) is 5.73 Å². The number of benzene rings is 1. The van der Waals surface area contributed by atoms with Crippen molar-refractivity contribution in [2.75, 3.05) is 0 Å². The van der Waals surface area contributed by atoms with Crippen LogP contribution in [0.2, 0.25) is 10.0 Å². The second kappa shape index (κ2) is 5.36. The van der Waals surface area contributed by atoms with Gasteiger partial charge in [-0.1, -0.05) is 29.3 Å². The van der Waals surface area contributed by atoms with Crippen LogP contribution in [0.4, 0.5) is 0 Å². The molecule has 0 saturated carbocycles. The molecule has 0 bridgehead atoms. The van der Waals surface area contributed by atoms with Crippen LogP contribution in [-0.4, -0.2) is 4.98 Å². The molecule has 0 unspecified atom stereocenters. The van der Waals surface area contributed by atoms with Gasteiger partial charge in [0.05, 0.1) is 10.7 Å². The van der Waals surface area contributed by atoms with Crippen LogP contribution in [0.3, 0.4) is 0 Å². The summed E-state index contributed by atoms with van der Waals surface area (Å²) >= 11 is 11.9. The Kier molecular flexibility index (Phi) is 3.84. The van der Waals surface area contributed by atoms with Crippen LogP contribution in [0.5, 0.6) is 11.5 Å². The summed E-state index contributed by atoms with van der Waals surface area (Å²) < 4.78 is 5.65. The SMILES string of the molecule is NCc1ncccc1Oc1cccc(Cl)c1Cl.